The summed E-state index contributed by atoms with van der Waals surface area (Å²) >= 11 is 0. The molecule has 1 amide bonds. The Bertz CT molecular complexity index is 1160. The van der Waals surface area contributed by atoms with E-state index in [0.717, 1.165) is 5.56 Å². The van der Waals surface area contributed by atoms with Crippen molar-refractivity contribution in [3.05, 3.63) is 65.9 Å². The quantitative estimate of drug-likeness (QED) is 0.594. The Hall–Kier alpha value is -3.62. The van der Waals surface area contributed by atoms with Crippen LogP contribution in [-0.4, -0.2) is 45.8 Å². The normalized spacial score (nSPS) is 14.5. The first kappa shape index (κ1) is 21.6. The number of likely N-dealkylation sites (tertiary alicyclic amines) is 1. The number of halogens is 3. The third kappa shape index (κ3) is 4.82. The molecule has 6 nitrogen and oxygen atoms in total. The molecule has 2 heterocycles. The van der Waals surface area contributed by atoms with Crippen LogP contribution in [0.3, 0.4) is 0 Å². The number of hydrogen-bond donors (Lipinski definition) is 0. The summed E-state index contributed by atoms with van der Waals surface area (Å²) in [5.74, 6) is -0.580. The Morgan fingerprint density at radius 3 is 2.44 bits per heavy atom. The largest absolute Gasteiger partial charge is 0.573 e. The molecule has 3 aromatic rings. The Labute approximate surface area is 182 Å². The number of nitrogens with zero attached hydrogens (tertiary/aromatic N) is 3. The maximum Gasteiger partial charge on any atom is 0.573 e. The molecule has 1 aromatic heterocycles. The van der Waals surface area contributed by atoms with E-state index >= 15 is 0 Å². The molecular weight excluding hydrogens is 423 g/mol. The summed E-state index contributed by atoms with van der Waals surface area (Å²) in [5, 5.41) is 4.47. The van der Waals surface area contributed by atoms with Gasteiger partial charge in [0.2, 0.25) is 0 Å². The molecular formula is C23H20F3N3O3. The van der Waals surface area contributed by atoms with Gasteiger partial charge in [-0.1, -0.05) is 24.3 Å². The number of ether oxygens (including phenoxy) is 1. The zero-order chi connectivity index (χ0) is 22.9. The lowest BCUT2D eigenvalue weighted by Gasteiger charge is -2.25. The topological polar surface area (TPSA) is 64.4 Å². The van der Waals surface area contributed by atoms with E-state index in [-0.39, 0.29) is 23.1 Å². The summed E-state index contributed by atoms with van der Waals surface area (Å²) in [4.78, 5) is 26.1. The van der Waals surface area contributed by atoms with Gasteiger partial charge in [0, 0.05) is 31.5 Å². The minimum absolute atomic E-state index is 0.113. The molecule has 32 heavy (non-hydrogen) atoms. The fraction of sp³-hybridized carbons (Fsp3) is 0.261. The number of rotatable bonds is 4. The van der Waals surface area contributed by atoms with Gasteiger partial charge in [-0.05, 0) is 42.8 Å². The monoisotopic (exact) mass is 443 g/mol. The molecule has 1 aliphatic rings. The Kier molecular flexibility index (Phi) is 5.73. The lowest BCUT2D eigenvalue weighted by Crippen LogP contribution is -2.38. The van der Waals surface area contributed by atoms with Gasteiger partial charge in [-0.3, -0.25) is 9.59 Å². The van der Waals surface area contributed by atoms with Crippen molar-refractivity contribution in [3.63, 3.8) is 0 Å². The number of ketones is 1. The number of amides is 1. The van der Waals surface area contributed by atoms with Crippen LogP contribution in [0.25, 0.3) is 16.9 Å². The van der Waals surface area contributed by atoms with Crippen molar-refractivity contribution in [3.8, 4) is 22.7 Å². The highest BCUT2D eigenvalue weighted by molar-refractivity contribution is 5.95. The van der Waals surface area contributed by atoms with Gasteiger partial charge in [0.05, 0.1) is 11.4 Å². The van der Waals surface area contributed by atoms with Crippen LogP contribution in [0, 0.1) is 6.92 Å². The van der Waals surface area contributed by atoms with E-state index in [1.165, 1.54) is 22.9 Å². The number of alkyl halides is 3. The number of aryl methyl sites for hydroxylation is 1. The van der Waals surface area contributed by atoms with Crippen molar-refractivity contribution in [1.29, 1.82) is 0 Å². The second-order valence-electron chi connectivity index (χ2n) is 7.57. The van der Waals surface area contributed by atoms with Crippen LogP contribution in [0.15, 0.2) is 54.6 Å². The van der Waals surface area contributed by atoms with E-state index in [1.54, 1.807) is 23.1 Å². The number of piperidine rings is 1. The molecule has 2 aromatic carbocycles. The average molecular weight is 443 g/mol. The molecule has 1 fully saturated rings. The molecule has 0 N–H and O–H groups in total. The highest BCUT2D eigenvalue weighted by atomic mass is 19.4. The summed E-state index contributed by atoms with van der Waals surface area (Å²) in [6, 6.07) is 14.5. The molecule has 0 saturated carbocycles. The van der Waals surface area contributed by atoms with Crippen LogP contribution in [0.4, 0.5) is 13.2 Å². The van der Waals surface area contributed by atoms with Crippen molar-refractivity contribution < 1.29 is 27.5 Å². The minimum atomic E-state index is -4.82. The third-order valence-electron chi connectivity index (χ3n) is 5.15. The number of aromatic nitrogens is 2. The minimum Gasteiger partial charge on any atom is -0.406 e. The van der Waals surface area contributed by atoms with Crippen LogP contribution in [0.5, 0.6) is 5.75 Å². The van der Waals surface area contributed by atoms with Crippen LogP contribution < -0.4 is 4.74 Å². The second kappa shape index (κ2) is 8.49. The third-order valence-corrected chi connectivity index (χ3v) is 5.15. The van der Waals surface area contributed by atoms with Gasteiger partial charge in [-0.15, -0.1) is 13.2 Å². The van der Waals surface area contributed by atoms with Crippen LogP contribution >= 0.6 is 0 Å². The Morgan fingerprint density at radius 2 is 1.75 bits per heavy atom. The molecule has 0 unspecified atom stereocenters. The van der Waals surface area contributed by atoms with Gasteiger partial charge >= 0.3 is 6.36 Å². The molecule has 9 heteroatoms. The van der Waals surface area contributed by atoms with Gasteiger partial charge in [-0.25, -0.2) is 4.68 Å². The van der Waals surface area contributed by atoms with E-state index < -0.39 is 6.36 Å². The van der Waals surface area contributed by atoms with E-state index in [9.17, 15) is 22.8 Å². The Balaban J connectivity index is 1.76. The highest BCUT2D eigenvalue weighted by Gasteiger charge is 2.31. The van der Waals surface area contributed by atoms with Crippen molar-refractivity contribution in [2.24, 2.45) is 0 Å². The summed E-state index contributed by atoms with van der Waals surface area (Å²) in [6.07, 6.45) is -4.22. The fourth-order valence-corrected chi connectivity index (χ4v) is 3.62. The molecule has 1 aliphatic heterocycles. The molecule has 0 aliphatic carbocycles. The van der Waals surface area contributed by atoms with Gasteiger partial charge in [0.15, 0.2) is 5.69 Å². The SMILES string of the molecule is Cc1cccc(-n2nc(C(=O)N3CCC(=O)CC3)cc2-c2cccc(OC(F)(F)F)c2)c1. The van der Waals surface area contributed by atoms with Crippen LogP contribution in [-0.2, 0) is 4.79 Å². The summed E-state index contributed by atoms with van der Waals surface area (Å²) in [5.41, 5.74) is 2.63. The van der Waals surface area contributed by atoms with Crippen LogP contribution in [0.2, 0.25) is 0 Å². The number of carbonyl (C=O) groups excluding carboxylic acids is 2. The molecule has 166 valence electrons. The van der Waals surface area contributed by atoms with Gasteiger partial charge < -0.3 is 9.64 Å². The molecule has 0 atom stereocenters. The van der Waals surface area contributed by atoms with Gasteiger partial charge in [-0.2, -0.15) is 5.10 Å². The number of benzene rings is 2. The average Bonchev–Trinajstić information content (AvgIpc) is 3.18. The predicted molar refractivity (Wildman–Crippen MR) is 111 cm³/mol. The second-order valence-corrected chi connectivity index (χ2v) is 7.57. The lowest BCUT2D eigenvalue weighted by atomic mass is 10.1. The number of Topliss-reactive ketones (excluding diaryl/α,β-unsaturated/α-hetero) is 1. The van der Waals surface area contributed by atoms with E-state index in [1.807, 2.05) is 25.1 Å². The van der Waals surface area contributed by atoms with Crippen molar-refractivity contribution in [1.82, 2.24) is 14.7 Å². The first-order chi connectivity index (χ1) is 15.2. The highest BCUT2D eigenvalue weighted by Crippen LogP contribution is 2.30. The summed E-state index contributed by atoms with van der Waals surface area (Å²) in [6.45, 7) is 2.54. The zero-order valence-electron chi connectivity index (χ0n) is 17.2. The van der Waals surface area contributed by atoms with Gasteiger partial charge in [0.1, 0.15) is 11.5 Å². The molecule has 1 saturated heterocycles. The smallest absolute Gasteiger partial charge is 0.406 e. The Morgan fingerprint density at radius 1 is 1.03 bits per heavy atom. The number of hydrogen-bond acceptors (Lipinski definition) is 4. The lowest BCUT2D eigenvalue weighted by molar-refractivity contribution is -0.274. The predicted octanol–water partition coefficient (Wildman–Crippen LogP) is 4.55. The molecule has 4 rings (SSSR count). The molecule has 0 spiro atoms. The molecule has 0 bridgehead atoms. The summed E-state index contributed by atoms with van der Waals surface area (Å²) < 4.78 is 43.7. The van der Waals surface area contributed by atoms with Gasteiger partial charge in [0.25, 0.3) is 5.91 Å². The first-order valence-corrected chi connectivity index (χ1v) is 10.0. The van der Waals surface area contributed by atoms with Crippen molar-refractivity contribution >= 4 is 11.7 Å². The zero-order valence-corrected chi connectivity index (χ0v) is 17.2. The van der Waals surface area contributed by atoms with Crippen molar-refractivity contribution in [2.45, 2.75) is 26.1 Å². The maximum atomic E-state index is 13.0. The first-order valence-electron chi connectivity index (χ1n) is 10.0. The standard InChI is InChI=1S/C23H20F3N3O3/c1-15-4-2-6-17(12-15)29-21(16-5-3-7-19(13-16)32-23(24,25)26)14-20(27-29)22(31)28-10-8-18(30)9-11-28/h2-7,12-14H,8-11H2,1H3. The van der Waals surface area contributed by atoms with E-state index in [0.29, 0.717) is 42.9 Å². The van der Waals surface area contributed by atoms with Crippen LogP contribution in [0.1, 0.15) is 28.9 Å². The maximum absolute atomic E-state index is 13.0. The fourth-order valence-electron chi connectivity index (χ4n) is 3.62. The summed E-state index contributed by atoms with van der Waals surface area (Å²) in [7, 11) is 0. The number of carbonyl (C=O) groups is 2. The van der Waals surface area contributed by atoms with E-state index in [4.69, 9.17) is 0 Å². The van der Waals surface area contributed by atoms with Crippen molar-refractivity contribution in [2.75, 3.05) is 13.1 Å². The van der Waals surface area contributed by atoms with E-state index in [2.05, 4.69) is 9.84 Å². The molecule has 0 radical (unpaired) electrons.